The minimum Gasteiger partial charge on any atom is -0.496 e. The summed E-state index contributed by atoms with van der Waals surface area (Å²) < 4.78 is 10.8. The zero-order chi connectivity index (χ0) is 17.1. The molecule has 3 rings (SSSR count). The van der Waals surface area contributed by atoms with Gasteiger partial charge in [-0.05, 0) is 32.2 Å². The molecule has 2 heterocycles. The van der Waals surface area contributed by atoms with E-state index in [1.54, 1.807) is 13.2 Å². The van der Waals surface area contributed by atoms with Crippen LogP contribution < -0.4 is 4.74 Å². The van der Waals surface area contributed by atoms with E-state index in [4.69, 9.17) is 14.5 Å². The van der Waals surface area contributed by atoms with Gasteiger partial charge in [-0.3, -0.25) is 9.80 Å². The van der Waals surface area contributed by atoms with Crippen molar-refractivity contribution in [3.05, 3.63) is 41.0 Å². The molecule has 1 unspecified atom stereocenters. The number of likely N-dealkylation sites (N-methyl/N-ethyl adjacent to an activating group) is 1. The molecule has 1 atom stereocenters. The van der Waals surface area contributed by atoms with Gasteiger partial charge in [0.1, 0.15) is 11.8 Å². The second-order valence-electron chi connectivity index (χ2n) is 6.05. The molecule has 1 aliphatic rings. The third-order valence-corrected chi connectivity index (χ3v) is 4.36. The lowest BCUT2D eigenvalue weighted by Gasteiger charge is -2.37. The molecule has 0 bridgehead atoms. The van der Waals surface area contributed by atoms with Crippen LogP contribution in [-0.2, 0) is 6.54 Å². The minimum absolute atomic E-state index is 0.0742. The van der Waals surface area contributed by atoms with Crippen LogP contribution in [0.1, 0.15) is 28.9 Å². The minimum atomic E-state index is 0.0742. The van der Waals surface area contributed by atoms with E-state index < -0.39 is 0 Å². The maximum atomic E-state index is 9.12. The molecule has 0 spiro atoms. The highest BCUT2D eigenvalue weighted by molar-refractivity contribution is 5.42. The van der Waals surface area contributed by atoms with Gasteiger partial charge in [-0.15, -0.1) is 0 Å². The van der Waals surface area contributed by atoms with Gasteiger partial charge >= 0.3 is 0 Å². The number of piperazine rings is 1. The summed E-state index contributed by atoms with van der Waals surface area (Å²) in [4.78, 5) is 8.92. The van der Waals surface area contributed by atoms with Crippen LogP contribution in [0.2, 0.25) is 0 Å². The first-order valence-corrected chi connectivity index (χ1v) is 7.90. The average Bonchev–Trinajstić information content (AvgIpc) is 3.02. The van der Waals surface area contributed by atoms with E-state index >= 15 is 0 Å². The van der Waals surface area contributed by atoms with Crippen molar-refractivity contribution in [2.75, 3.05) is 33.8 Å². The van der Waals surface area contributed by atoms with E-state index in [1.807, 2.05) is 19.1 Å². The summed E-state index contributed by atoms with van der Waals surface area (Å²) in [6, 6.07) is 7.77. The van der Waals surface area contributed by atoms with E-state index in [-0.39, 0.29) is 6.04 Å². The smallest absolute Gasteiger partial charge is 0.245 e. The molecule has 1 aromatic carbocycles. The number of aryl methyl sites for hydroxylation is 1. The highest BCUT2D eigenvalue weighted by Gasteiger charge is 2.30. The van der Waals surface area contributed by atoms with Gasteiger partial charge in [0, 0.05) is 31.7 Å². The monoisotopic (exact) mass is 327 g/mol. The zero-order valence-electron chi connectivity index (χ0n) is 14.2. The number of nitrogens with zero attached hydrogens (tertiary/aromatic N) is 5. The molecule has 7 nitrogen and oxygen atoms in total. The molecule has 1 aromatic heterocycles. The molecular formula is C17H21N5O2. The summed E-state index contributed by atoms with van der Waals surface area (Å²) in [5.74, 6) is 2.11. The Labute approximate surface area is 141 Å². The van der Waals surface area contributed by atoms with Crippen LogP contribution in [0.5, 0.6) is 5.75 Å². The maximum absolute atomic E-state index is 9.12. The highest BCUT2D eigenvalue weighted by atomic mass is 16.5. The van der Waals surface area contributed by atoms with E-state index in [0.29, 0.717) is 17.3 Å². The van der Waals surface area contributed by atoms with Crippen LogP contribution in [0.15, 0.2) is 22.7 Å². The molecule has 126 valence electrons. The lowest BCUT2D eigenvalue weighted by Crippen LogP contribution is -2.46. The predicted molar refractivity (Wildman–Crippen MR) is 87.4 cm³/mol. The largest absolute Gasteiger partial charge is 0.496 e. The van der Waals surface area contributed by atoms with Crippen molar-refractivity contribution >= 4 is 0 Å². The van der Waals surface area contributed by atoms with Crippen LogP contribution in [0.4, 0.5) is 0 Å². The first-order chi connectivity index (χ1) is 11.6. The molecule has 0 saturated carbocycles. The Bertz CT molecular complexity index is 752. The Morgan fingerprint density at radius 3 is 2.92 bits per heavy atom. The fourth-order valence-corrected chi connectivity index (χ4v) is 3.00. The molecule has 24 heavy (non-hydrogen) atoms. The van der Waals surface area contributed by atoms with E-state index in [2.05, 4.69) is 33.1 Å². The fraction of sp³-hybridized carbons (Fsp3) is 0.471. The molecule has 0 aliphatic carbocycles. The van der Waals surface area contributed by atoms with Gasteiger partial charge in [-0.2, -0.15) is 10.2 Å². The van der Waals surface area contributed by atoms with Crippen LogP contribution in [0.3, 0.4) is 0 Å². The summed E-state index contributed by atoms with van der Waals surface area (Å²) in [7, 11) is 3.72. The van der Waals surface area contributed by atoms with E-state index in [1.165, 1.54) is 0 Å². The summed E-state index contributed by atoms with van der Waals surface area (Å²) in [6.45, 7) is 5.17. The van der Waals surface area contributed by atoms with Crippen molar-refractivity contribution in [1.82, 2.24) is 19.9 Å². The third-order valence-electron chi connectivity index (χ3n) is 4.36. The molecule has 0 amide bonds. The van der Waals surface area contributed by atoms with E-state index in [0.717, 1.165) is 37.5 Å². The maximum Gasteiger partial charge on any atom is 0.245 e. The standard InChI is InChI=1S/C17H21N5O2/c1-12-19-17(24-20-12)15-11-22(7-6-21(15)2)10-14-8-13(9-18)4-5-16(14)23-3/h4-5,8,15H,6-7,10-11H2,1-3H3. The Hall–Kier alpha value is -2.43. The molecule has 1 saturated heterocycles. The lowest BCUT2D eigenvalue weighted by molar-refractivity contribution is 0.0710. The lowest BCUT2D eigenvalue weighted by atomic mass is 10.1. The molecule has 1 fully saturated rings. The first kappa shape index (κ1) is 16.4. The molecule has 2 aromatic rings. The summed E-state index contributed by atoms with van der Waals surface area (Å²) >= 11 is 0. The zero-order valence-corrected chi connectivity index (χ0v) is 14.2. The van der Waals surface area contributed by atoms with Crippen LogP contribution in [-0.4, -0.2) is 53.7 Å². The van der Waals surface area contributed by atoms with Crippen LogP contribution in [0.25, 0.3) is 0 Å². The quantitative estimate of drug-likeness (QED) is 0.846. The van der Waals surface area contributed by atoms with Crippen molar-refractivity contribution in [3.8, 4) is 11.8 Å². The van der Waals surface area contributed by atoms with Crippen molar-refractivity contribution in [3.63, 3.8) is 0 Å². The number of hydrogen-bond acceptors (Lipinski definition) is 7. The van der Waals surface area contributed by atoms with Gasteiger partial charge in [0.15, 0.2) is 5.82 Å². The van der Waals surface area contributed by atoms with Gasteiger partial charge in [0.25, 0.3) is 0 Å². The van der Waals surface area contributed by atoms with Gasteiger partial charge < -0.3 is 9.26 Å². The Morgan fingerprint density at radius 1 is 1.42 bits per heavy atom. The second kappa shape index (κ2) is 6.99. The number of rotatable bonds is 4. The van der Waals surface area contributed by atoms with Crippen molar-refractivity contribution in [2.24, 2.45) is 0 Å². The summed E-state index contributed by atoms with van der Waals surface area (Å²) in [5.41, 5.74) is 1.66. The highest BCUT2D eigenvalue weighted by Crippen LogP contribution is 2.26. The first-order valence-electron chi connectivity index (χ1n) is 7.90. The topological polar surface area (TPSA) is 78.4 Å². The predicted octanol–water partition coefficient (Wildman–Crippen LogP) is 1.75. The normalized spacial score (nSPS) is 19.2. The van der Waals surface area contributed by atoms with Crippen molar-refractivity contribution in [1.29, 1.82) is 5.26 Å². The van der Waals surface area contributed by atoms with Crippen LogP contribution in [0, 0.1) is 18.3 Å². The number of aromatic nitrogens is 2. The summed E-state index contributed by atoms with van der Waals surface area (Å²) in [6.07, 6.45) is 0. The number of benzene rings is 1. The number of nitriles is 1. The third kappa shape index (κ3) is 3.40. The van der Waals surface area contributed by atoms with E-state index in [9.17, 15) is 0 Å². The molecule has 1 aliphatic heterocycles. The van der Waals surface area contributed by atoms with Crippen molar-refractivity contribution < 1.29 is 9.26 Å². The second-order valence-corrected chi connectivity index (χ2v) is 6.05. The SMILES string of the molecule is COc1ccc(C#N)cc1CN1CCN(C)C(c2nc(C)no2)C1. The van der Waals surface area contributed by atoms with Gasteiger partial charge in [0.2, 0.25) is 5.89 Å². The van der Waals surface area contributed by atoms with Gasteiger partial charge in [0.05, 0.1) is 18.7 Å². The number of hydrogen-bond donors (Lipinski definition) is 0. The van der Waals surface area contributed by atoms with Gasteiger partial charge in [-0.25, -0.2) is 0 Å². The number of ether oxygens (including phenoxy) is 1. The van der Waals surface area contributed by atoms with Crippen molar-refractivity contribution in [2.45, 2.75) is 19.5 Å². The average molecular weight is 327 g/mol. The van der Waals surface area contributed by atoms with Crippen LogP contribution >= 0.6 is 0 Å². The molecular weight excluding hydrogens is 306 g/mol. The Morgan fingerprint density at radius 2 is 2.25 bits per heavy atom. The Kier molecular flexibility index (Phi) is 4.79. The molecule has 0 radical (unpaired) electrons. The van der Waals surface area contributed by atoms with Gasteiger partial charge in [-0.1, -0.05) is 5.16 Å². The number of methoxy groups -OCH3 is 1. The fourth-order valence-electron chi connectivity index (χ4n) is 3.00. The molecule has 7 heteroatoms. The Balaban J connectivity index is 1.77. The summed E-state index contributed by atoms with van der Waals surface area (Å²) in [5, 5.41) is 13.0. The molecule has 0 N–H and O–H groups in total.